The number of aliphatic hydroxyl groups is 1. The van der Waals surface area contributed by atoms with Gasteiger partial charge in [0.05, 0.1) is 5.39 Å². The number of hydrogen-bond acceptors (Lipinski definition) is 6. The number of thiophene rings is 1. The first-order valence-electron chi connectivity index (χ1n) is 16.8. The fraction of sp³-hybridized carbons (Fsp3) is 0.415. The van der Waals surface area contributed by atoms with E-state index in [1.54, 1.807) is 11.3 Å². The van der Waals surface area contributed by atoms with Crippen LogP contribution in [0.3, 0.4) is 0 Å². The molecule has 257 valence electrons. The molecule has 5 nitrogen and oxygen atoms in total. The Hall–Kier alpha value is -3.25. The van der Waals surface area contributed by atoms with Gasteiger partial charge in [-0.3, -0.25) is 9.78 Å². The van der Waals surface area contributed by atoms with E-state index in [1.165, 1.54) is 16.3 Å². The number of nitrogens with zero attached hydrogens (tertiary/aromatic N) is 1. The van der Waals surface area contributed by atoms with Gasteiger partial charge in [-0.2, -0.15) is 11.3 Å². The second kappa shape index (κ2) is 14.3. The van der Waals surface area contributed by atoms with Crippen LogP contribution in [0.1, 0.15) is 99.3 Å². The fourth-order valence-electron chi connectivity index (χ4n) is 6.00. The zero-order valence-corrected chi connectivity index (χ0v) is 33.1. The molecular formula is C41H48IrNO4S-. The van der Waals surface area contributed by atoms with Crippen LogP contribution in [-0.2, 0) is 30.3 Å². The number of furan rings is 2. The molecule has 0 aliphatic carbocycles. The van der Waals surface area contributed by atoms with Gasteiger partial charge in [0, 0.05) is 59.7 Å². The first-order valence-corrected chi connectivity index (χ1v) is 17.7. The molecule has 0 unspecified atom stereocenters. The summed E-state index contributed by atoms with van der Waals surface area (Å²) in [6.45, 7) is 20.8. The summed E-state index contributed by atoms with van der Waals surface area (Å²) in [5.41, 5.74) is 5.18. The first kappa shape index (κ1) is 37.6. The molecule has 0 saturated heterocycles. The van der Waals surface area contributed by atoms with Crippen LogP contribution in [0.2, 0.25) is 0 Å². The monoisotopic (exact) mass is 843 g/mol. The van der Waals surface area contributed by atoms with Crippen molar-refractivity contribution in [1.29, 1.82) is 0 Å². The number of benzene rings is 2. The molecule has 0 aliphatic rings. The third-order valence-corrected chi connectivity index (χ3v) is 11.2. The minimum absolute atomic E-state index is 0. The van der Waals surface area contributed by atoms with Gasteiger partial charge in [0.25, 0.3) is 0 Å². The molecule has 6 aromatic rings. The number of ketones is 1. The van der Waals surface area contributed by atoms with Crippen molar-refractivity contribution in [3.63, 3.8) is 0 Å². The fourth-order valence-corrected chi connectivity index (χ4v) is 7.08. The number of hydrogen-bond donors (Lipinski definition) is 1. The number of aryl methyl sites for hydroxylation is 1. The second-order valence-corrected chi connectivity index (χ2v) is 15.2. The zero-order valence-electron chi connectivity index (χ0n) is 29.9. The van der Waals surface area contributed by atoms with Crippen LogP contribution < -0.4 is 0 Å². The van der Waals surface area contributed by atoms with E-state index in [2.05, 4.69) is 50.4 Å². The van der Waals surface area contributed by atoms with Crippen LogP contribution >= 0.6 is 11.3 Å². The van der Waals surface area contributed by atoms with E-state index in [9.17, 15) is 9.90 Å². The molecule has 0 spiro atoms. The van der Waals surface area contributed by atoms with Gasteiger partial charge < -0.3 is 13.9 Å². The number of carbonyl (C=O) groups excluding carboxylic acids is 1. The van der Waals surface area contributed by atoms with Crippen molar-refractivity contribution in [2.75, 3.05) is 0 Å². The first-order chi connectivity index (χ1) is 22.2. The minimum atomic E-state index is -0.337. The summed E-state index contributed by atoms with van der Waals surface area (Å²) in [5.74, 6) is 1.16. The van der Waals surface area contributed by atoms with Crippen LogP contribution in [0.5, 0.6) is 0 Å². The smallest absolute Gasteiger partial charge is 0.164 e. The Morgan fingerprint density at radius 1 is 0.896 bits per heavy atom. The van der Waals surface area contributed by atoms with Gasteiger partial charge in [-0.05, 0) is 72.4 Å². The molecule has 48 heavy (non-hydrogen) atoms. The SMILES string of the molecule is CCC(C)(CC)C(=O)/C=C(\O)C(C)(CC)CC.Cc1cc2c(ccc3c2oc2ccnc(-c4[c-]c5ccsc5c(C(C)(C)C)c4)c23)o1.[Ir]. The van der Waals surface area contributed by atoms with Crippen LogP contribution in [0, 0.1) is 23.8 Å². The Morgan fingerprint density at radius 2 is 1.56 bits per heavy atom. The number of aliphatic hydroxyl groups excluding tert-OH is 1. The third kappa shape index (κ3) is 6.92. The molecular weight excluding hydrogens is 795 g/mol. The van der Waals surface area contributed by atoms with Crippen LogP contribution in [-0.4, -0.2) is 15.9 Å². The molecule has 2 aromatic carbocycles. The van der Waals surface area contributed by atoms with E-state index in [0.717, 1.165) is 81.0 Å². The van der Waals surface area contributed by atoms with E-state index in [-0.39, 0.29) is 47.9 Å². The van der Waals surface area contributed by atoms with E-state index in [1.807, 2.05) is 72.9 Å². The average Bonchev–Trinajstić information content (AvgIpc) is 3.79. The number of fused-ring (bicyclic) bond motifs is 6. The van der Waals surface area contributed by atoms with Crippen LogP contribution in [0.15, 0.2) is 68.6 Å². The Morgan fingerprint density at radius 3 is 2.19 bits per heavy atom. The number of rotatable bonds is 8. The summed E-state index contributed by atoms with van der Waals surface area (Å²) in [6, 6.07) is 16.1. The van der Waals surface area contributed by atoms with Gasteiger partial charge in [-0.25, -0.2) is 0 Å². The molecule has 0 bridgehead atoms. The van der Waals surface area contributed by atoms with Gasteiger partial charge >= 0.3 is 0 Å². The molecule has 4 aromatic heterocycles. The summed E-state index contributed by atoms with van der Waals surface area (Å²) in [7, 11) is 0. The average molecular weight is 843 g/mol. The number of carbonyl (C=O) groups is 1. The van der Waals surface area contributed by atoms with E-state index >= 15 is 0 Å². The number of pyridine rings is 1. The Labute approximate surface area is 302 Å². The Kier molecular flexibility index (Phi) is 11.2. The summed E-state index contributed by atoms with van der Waals surface area (Å²) >= 11 is 1.78. The van der Waals surface area contributed by atoms with Crippen LogP contribution in [0.25, 0.3) is 54.3 Å². The van der Waals surface area contributed by atoms with E-state index in [0.29, 0.717) is 0 Å². The topological polar surface area (TPSA) is 76.5 Å². The van der Waals surface area contributed by atoms with Gasteiger partial charge in [-0.15, -0.1) is 23.6 Å². The predicted molar refractivity (Wildman–Crippen MR) is 197 cm³/mol. The number of allylic oxidation sites excluding steroid dienone is 2. The summed E-state index contributed by atoms with van der Waals surface area (Å²) in [4.78, 5) is 17.0. The third-order valence-electron chi connectivity index (χ3n) is 10.3. The maximum atomic E-state index is 12.2. The molecule has 1 N–H and O–H groups in total. The van der Waals surface area contributed by atoms with Crippen molar-refractivity contribution in [2.45, 2.75) is 100 Å². The molecule has 0 atom stereocenters. The van der Waals surface area contributed by atoms with E-state index < -0.39 is 0 Å². The van der Waals surface area contributed by atoms with Crippen LogP contribution in [0.4, 0.5) is 0 Å². The molecule has 0 fully saturated rings. The minimum Gasteiger partial charge on any atom is -0.512 e. The van der Waals surface area contributed by atoms with Gasteiger partial charge in [-0.1, -0.05) is 73.4 Å². The van der Waals surface area contributed by atoms with E-state index in [4.69, 9.17) is 13.8 Å². The summed E-state index contributed by atoms with van der Waals surface area (Å²) in [5, 5.41) is 16.5. The molecule has 6 rings (SSSR count). The number of aromatic nitrogens is 1. The Balaban J connectivity index is 0.000000251. The van der Waals surface area contributed by atoms with Crippen molar-refractivity contribution < 1.29 is 38.8 Å². The van der Waals surface area contributed by atoms with Crippen molar-refractivity contribution in [3.8, 4) is 11.3 Å². The standard InChI is InChI=1S/C26H20NO2S.C15H28O2.Ir/c1-14-11-18-20(28-14)6-5-17-22-21(29-24(17)18)7-9-27-23(22)16-12-15-8-10-30-25(15)19(13-16)26(2,3)4;1-7-14(5,8-2)12(16)11-13(17)15(6,9-3)10-4;/h5-11,13H,1-4H3;11,16H,7-10H2,1-6H3;/q-1;;/b;12-11-;. The quantitative estimate of drug-likeness (QED) is 0.0938. The maximum absolute atomic E-state index is 12.2. The van der Waals surface area contributed by atoms with Crippen molar-refractivity contribution in [3.05, 3.63) is 77.2 Å². The van der Waals surface area contributed by atoms with Gasteiger partial charge in [0.15, 0.2) is 5.78 Å². The largest absolute Gasteiger partial charge is 0.512 e. The maximum Gasteiger partial charge on any atom is 0.164 e. The zero-order chi connectivity index (χ0) is 34.3. The molecule has 1 radical (unpaired) electrons. The molecule has 7 heteroatoms. The van der Waals surface area contributed by atoms with Gasteiger partial charge in [0.2, 0.25) is 0 Å². The van der Waals surface area contributed by atoms with Crippen molar-refractivity contribution >= 4 is 60.1 Å². The summed E-state index contributed by atoms with van der Waals surface area (Å²) < 4.78 is 13.4. The Bertz CT molecular complexity index is 2100. The predicted octanol–water partition coefficient (Wildman–Crippen LogP) is 12.7. The molecule has 0 aliphatic heterocycles. The summed E-state index contributed by atoms with van der Waals surface area (Å²) in [6.07, 6.45) is 6.57. The van der Waals surface area contributed by atoms with Crippen molar-refractivity contribution in [1.82, 2.24) is 4.98 Å². The van der Waals surface area contributed by atoms with Crippen molar-refractivity contribution in [2.24, 2.45) is 10.8 Å². The second-order valence-electron chi connectivity index (χ2n) is 14.3. The normalized spacial score (nSPS) is 12.8. The van der Waals surface area contributed by atoms with Gasteiger partial charge in [0.1, 0.15) is 28.3 Å². The molecule has 0 saturated carbocycles. The molecule has 0 amide bonds. The molecule has 4 heterocycles.